The van der Waals surface area contributed by atoms with Crippen molar-refractivity contribution in [3.05, 3.63) is 29.6 Å². The van der Waals surface area contributed by atoms with Crippen molar-refractivity contribution in [2.45, 2.75) is 25.0 Å². The summed E-state index contributed by atoms with van der Waals surface area (Å²) in [6.45, 7) is 0.579. The lowest BCUT2D eigenvalue weighted by Crippen LogP contribution is -2.20. The Kier molecular flexibility index (Phi) is 4.59. The molecule has 0 spiro atoms. The predicted octanol–water partition coefficient (Wildman–Crippen LogP) is 2.40. The van der Waals surface area contributed by atoms with E-state index in [0.717, 1.165) is 12.8 Å². The van der Waals surface area contributed by atoms with Crippen molar-refractivity contribution in [3.8, 4) is 5.75 Å². The zero-order valence-electron chi connectivity index (χ0n) is 9.85. The van der Waals surface area contributed by atoms with Crippen LogP contribution in [0.4, 0.5) is 4.39 Å². The van der Waals surface area contributed by atoms with Crippen LogP contribution in [0.25, 0.3) is 0 Å². The molecule has 1 fully saturated rings. The first kappa shape index (κ1) is 13.8. The lowest BCUT2D eigenvalue weighted by Gasteiger charge is -2.19. The molecule has 1 aliphatic rings. The molecule has 5 heteroatoms. The highest BCUT2D eigenvalue weighted by atomic mass is 79.9. The van der Waals surface area contributed by atoms with Crippen LogP contribution < -0.4 is 4.74 Å². The van der Waals surface area contributed by atoms with Crippen molar-refractivity contribution in [1.82, 2.24) is 0 Å². The summed E-state index contributed by atoms with van der Waals surface area (Å²) in [4.78, 5) is 0. The maximum atomic E-state index is 13.2. The highest BCUT2D eigenvalue weighted by Gasteiger charge is 2.25. The number of hydrogen-bond donors (Lipinski definition) is 2. The molecule has 0 bridgehead atoms. The highest BCUT2D eigenvalue weighted by molar-refractivity contribution is 9.09. The van der Waals surface area contributed by atoms with E-state index >= 15 is 0 Å². The third-order valence-corrected chi connectivity index (χ3v) is 3.65. The molecule has 18 heavy (non-hydrogen) atoms. The maximum absolute atomic E-state index is 13.2. The summed E-state index contributed by atoms with van der Waals surface area (Å²) >= 11 is 3.08. The normalized spacial score (nSPS) is 18.4. The van der Waals surface area contributed by atoms with E-state index in [2.05, 4.69) is 15.9 Å². The summed E-state index contributed by atoms with van der Waals surface area (Å²) in [7, 11) is 0. The van der Waals surface area contributed by atoms with Crippen LogP contribution >= 0.6 is 15.9 Å². The van der Waals surface area contributed by atoms with Gasteiger partial charge in [0.05, 0.1) is 12.7 Å². The zero-order valence-corrected chi connectivity index (χ0v) is 11.4. The Balaban J connectivity index is 2.15. The minimum Gasteiger partial charge on any atom is -0.493 e. The molecule has 3 nitrogen and oxygen atoms in total. The van der Waals surface area contributed by atoms with Crippen molar-refractivity contribution in [2.24, 2.45) is 5.92 Å². The quantitative estimate of drug-likeness (QED) is 0.792. The molecule has 2 rings (SSSR count). The van der Waals surface area contributed by atoms with Gasteiger partial charge in [0.1, 0.15) is 17.7 Å². The lowest BCUT2D eigenvalue weighted by molar-refractivity contribution is 0.0320. The van der Waals surface area contributed by atoms with Crippen molar-refractivity contribution in [1.29, 1.82) is 0 Å². The Labute approximate surface area is 114 Å². The Morgan fingerprint density at radius 1 is 1.39 bits per heavy atom. The third-order valence-electron chi connectivity index (χ3n) is 2.98. The van der Waals surface area contributed by atoms with Crippen molar-refractivity contribution in [3.63, 3.8) is 0 Å². The van der Waals surface area contributed by atoms with Crippen molar-refractivity contribution < 1.29 is 19.3 Å². The van der Waals surface area contributed by atoms with Crippen LogP contribution in [-0.4, -0.2) is 28.3 Å². The number of ether oxygens (including phenoxy) is 1. The number of alkyl halides is 1. The summed E-state index contributed by atoms with van der Waals surface area (Å²) in [5, 5.41) is 19.8. The van der Waals surface area contributed by atoms with Gasteiger partial charge in [-0.25, -0.2) is 4.39 Å². The molecule has 1 saturated carbocycles. The molecule has 0 aromatic heterocycles. The van der Waals surface area contributed by atoms with Gasteiger partial charge in [-0.1, -0.05) is 15.9 Å². The van der Waals surface area contributed by atoms with Crippen molar-refractivity contribution in [2.75, 3.05) is 11.9 Å². The second-order valence-corrected chi connectivity index (χ2v) is 5.25. The number of aliphatic hydroxyl groups excluding tert-OH is 2. The van der Waals surface area contributed by atoms with Crippen LogP contribution in [0.2, 0.25) is 0 Å². The Hall–Kier alpha value is -0.650. The fourth-order valence-corrected chi connectivity index (χ4v) is 2.02. The predicted molar refractivity (Wildman–Crippen MR) is 69.4 cm³/mol. The number of benzene rings is 1. The van der Waals surface area contributed by atoms with Gasteiger partial charge in [-0.2, -0.15) is 0 Å². The van der Waals surface area contributed by atoms with E-state index in [1.165, 1.54) is 18.2 Å². The molecule has 0 amide bonds. The van der Waals surface area contributed by atoms with Gasteiger partial charge in [-0.3, -0.25) is 0 Å². The molecule has 0 aliphatic heterocycles. The first-order valence-corrected chi connectivity index (χ1v) is 7.08. The maximum Gasteiger partial charge on any atom is 0.125 e. The van der Waals surface area contributed by atoms with E-state index in [1.54, 1.807) is 0 Å². The number of hydrogen-bond acceptors (Lipinski definition) is 3. The van der Waals surface area contributed by atoms with Crippen LogP contribution in [-0.2, 0) is 0 Å². The standard InChI is InChI=1S/C13H16BrFO3/c14-6-11(16)13(17)10-5-9(15)3-4-12(10)18-7-8-1-2-8/h3-5,8,11,13,16-17H,1-2,6-7H2. The molecule has 0 saturated heterocycles. The second kappa shape index (κ2) is 5.99. The summed E-state index contributed by atoms with van der Waals surface area (Å²) in [6, 6.07) is 4.00. The fourth-order valence-electron chi connectivity index (χ4n) is 1.67. The SMILES string of the molecule is OC(CBr)C(O)c1cc(F)ccc1OCC1CC1. The van der Waals surface area contributed by atoms with Gasteiger partial charge >= 0.3 is 0 Å². The van der Waals surface area contributed by atoms with Gasteiger partial charge in [0.15, 0.2) is 0 Å². The van der Waals surface area contributed by atoms with E-state index in [9.17, 15) is 14.6 Å². The number of aliphatic hydroxyl groups is 2. The molecule has 0 radical (unpaired) electrons. The molecular formula is C13H16BrFO3. The topological polar surface area (TPSA) is 49.7 Å². The first-order valence-electron chi connectivity index (χ1n) is 5.96. The third kappa shape index (κ3) is 3.43. The zero-order chi connectivity index (χ0) is 13.1. The largest absolute Gasteiger partial charge is 0.493 e. The van der Waals surface area contributed by atoms with E-state index in [4.69, 9.17) is 4.74 Å². The molecule has 1 aromatic rings. The Morgan fingerprint density at radius 3 is 2.72 bits per heavy atom. The van der Waals surface area contributed by atoms with E-state index in [1.807, 2.05) is 0 Å². The molecule has 2 atom stereocenters. The van der Waals surface area contributed by atoms with E-state index in [-0.39, 0.29) is 5.33 Å². The van der Waals surface area contributed by atoms with Crippen LogP contribution in [0, 0.1) is 11.7 Å². The molecule has 100 valence electrons. The smallest absolute Gasteiger partial charge is 0.125 e. The van der Waals surface area contributed by atoms with Crippen LogP contribution in [0.1, 0.15) is 24.5 Å². The molecule has 2 N–H and O–H groups in total. The lowest BCUT2D eigenvalue weighted by atomic mass is 10.0. The second-order valence-electron chi connectivity index (χ2n) is 4.60. The van der Waals surface area contributed by atoms with Gasteiger partial charge in [0.25, 0.3) is 0 Å². The van der Waals surface area contributed by atoms with Crippen LogP contribution in [0.15, 0.2) is 18.2 Å². The van der Waals surface area contributed by atoms with Crippen molar-refractivity contribution >= 4 is 15.9 Å². The average molecular weight is 319 g/mol. The molecule has 1 aliphatic carbocycles. The van der Waals surface area contributed by atoms with Gasteiger partial charge in [0, 0.05) is 10.9 Å². The number of halogens is 2. The van der Waals surface area contributed by atoms with Gasteiger partial charge in [-0.15, -0.1) is 0 Å². The Morgan fingerprint density at radius 2 is 2.11 bits per heavy atom. The summed E-state index contributed by atoms with van der Waals surface area (Å²) in [5.41, 5.74) is 0.294. The van der Waals surface area contributed by atoms with Gasteiger partial charge in [-0.05, 0) is 37.0 Å². The average Bonchev–Trinajstić information content (AvgIpc) is 3.19. The van der Waals surface area contributed by atoms with Crippen LogP contribution in [0.3, 0.4) is 0 Å². The molecule has 1 aromatic carbocycles. The van der Waals surface area contributed by atoms with Gasteiger partial charge < -0.3 is 14.9 Å². The number of rotatable bonds is 6. The van der Waals surface area contributed by atoms with Crippen LogP contribution in [0.5, 0.6) is 5.75 Å². The minimum atomic E-state index is -1.16. The monoisotopic (exact) mass is 318 g/mol. The summed E-state index contributed by atoms with van der Waals surface area (Å²) < 4.78 is 18.8. The summed E-state index contributed by atoms with van der Waals surface area (Å²) in [6.07, 6.45) is 0.163. The molecule has 0 heterocycles. The fraction of sp³-hybridized carbons (Fsp3) is 0.538. The molecule has 2 unspecified atom stereocenters. The molecular weight excluding hydrogens is 303 g/mol. The minimum absolute atomic E-state index is 0.215. The highest BCUT2D eigenvalue weighted by Crippen LogP contribution is 2.33. The van der Waals surface area contributed by atoms with E-state index in [0.29, 0.717) is 23.8 Å². The summed E-state index contributed by atoms with van der Waals surface area (Å²) in [5.74, 6) is 0.557. The van der Waals surface area contributed by atoms with E-state index < -0.39 is 18.0 Å². The van der Waals surface area contributed by atoms with Gasteiger partial charge in [0.2, 0.25) is 0 Å². The first-order chi connectivity index (χ1) is 8.61. The Bertz CT molecular complexity index is 409.